The molecule has 0 aromatic heterocycles. The van der Waals surface area contributed by atoms with Gasteiger partial charge in [0.1, 0.15) is 17.9 Å². The third kappa shape index (κ3) is 3.23. The molecule has 1 aromatic carbocycles. The molecule has 1 amide bonds. The van der Waals surface area contributed by atoms with E-state index in [0.29, 0.717) is 18.5 Å². The Morgan fingerprint density at radius 3 is 2.76 bits per heavy atom. The third-order valence-electron chi connectivity index (χ3n) is 4.41. The predicted molar refractivity (Wildman–Crippen MR) is 89.8 cm³/mol. The SMILES string of the molecule is CC(N=C1NS(=O)(=O)c2ccccc21)C(=O)N1CCCCC1C(=O)O. The standard InChI is InChI=1S/C16H19N3O5S/c1-10(15(20)19-9-5-4-7-12(19)16(21)22)17-14-11-6-2-3-8-13(11)25(23,24)18-14/h2-3,6,8,10,12H,4-5,7,9H2,1H3,(H,17,18)(H,21,22). The number of fused-ring (bicyclic) bond motifs is 1. The van der Waals surface area contributed by atoms with E-state index in [-0.39, 0.29) is 10.7 Å². The van der Waals surface area contributed by atoms with Crippen LogP contribution in [0.15, 0.2) is 34.2 Å². The molecule has 1 aromatic rings. The Kier molecular flexibility index (Phi) is 4.51. The zero-order chi connectivity index (χ0) is 18.2. The zero-order valence-corrected chi connectivity index (χ0v) is 14.5. The Morgan fingerprint density at radius 2 is 2.04 bits per heavy atom. The van der Waals surface area contributed by atoms with Crippen molar-refractivity contribution in [3.05, 3.63) is 29.8 Å². The van der Waals surface area contributed by atoms with E-state index in [1.54, 1.807) is 18.2 Å². The lowest BCUT2D eigenvalue weighted by atomic mass is 10.0. The normalized spacial score (nSPS) is 24.4. The van der Waals surface area contributed by atoms with Crippen molar-refractivity contribution in [2.45, 2.75) is 43.2 Å². The molecule has 2 N–H and O–H groups in total. The van der Waals surface area contributed by atoms with E-state index in [2.05, 4.69) is 9.71 Å². The number of nitrogens with one attached hydrogen (secondary N) is 1. The van der Waals surface area contributed by atoms with Gasteiger partial charge in [-0.1, -0.05) is 12.1 Å². The van der Waals surface area contributed by atoms with Gasteiger partial charge in [-0.2, -0.15) is 0 Å². The lowest BCUT2D eigenvalue weighted by molar-refractivity contribution is -0.152. The van der Waals surface area contributed by atoms with Gasteiger partial charge in [0.2, 0.25) is 5.91 Å². The van der Waals surface area contributed by atoms with Gasteiger partial charge in [-0.15, -0.1) is 0 Å². The molecule has 134 valence electrons. The summed E-state index contributed by atoms with van der Waals surface area (Å²) in [5, 5.41) is 9.30. The van der Waals surface area contributed by atoms with Crippen molar-refractivity contribution in [1.82, 2.24) is 9.62 Å². The number of hydrogen-bond donors (Lipinski definition) is 2. The predicted octanol–water partition coefficient (Wildman–Crippen LogP) is 0.579. The lowest BCUT2D eigenvalue weighted by Gasteiger charge is -2.34. The summed E-state index contributed by atoms with van der Waals surface area (Å²) in [7, 11) is -3.67. The quantitative estimate of drug-likeness (QED) is 0.813. The van der Waals surface area contributed by atoms with Crippen LogP contribution in [-0.2, 0) is 19.6 Å². The molecule has 2 unspecified atom stereocenters. The molecule has 3 rings (SSSR count). The molecular formula is C16H19N3O5S. The first-order valence-corrected chi connectivity index (χ1v) is 9.53. The largest absolute Gasteiger partial charge is 0.480 e. The van der Waals surface area contributed by atoms with E-state index < -0.39 is 34.0 Å². The number of rotatable bonds is 3. The van der Waals surface area contributed by atoms with Crippen molar-refractivity contribution in [3.63, 3.8) is 0 Å². The van der Waals surface area contributed by atoms with Gasteiger partial charge in [-0.25, -0.2) is 13.2 Å². The number of amides is 1. The highest BCUT2D eigenvalue weighted by molar-refractivity contribution is 7.90. The second kappa shape index (κ2) is 6.47. The van der Waals surface area contributed by atoms with Crippen LogP contribution in [0.25, 0.3) is 0 Å². The number of carboxylic acid groups (broad SMARTS) is 1. The minimum Gasteiger partial charge on any atom is -0.480 e. The van der Waals surface area contributed by atoms with Gasteiger partial charge in [-0.3, -0.25) is 14.5 Å². The van der Waals surface area contributed by atoms with E-state index in [1.807, 2.05) is 0 Å². The first kappa shape index (κ1) is 17.4. The first-order chi connectivity index (χ1) is 11.8. The van der Waals surface area contributed by atoms with Gasteiger partial charge >= 0.3 is 5.97 Å². The molecule has 2 aliphatic rings. The molecule has 0 bridgehead atoms. The number of hydrogen-bond acceptors (Lipinski definition) is 5. The lowest BCUT2D eigenvalue weighted by Crippen LogP contribution is -2.50. The van der Waals surface area contributed by atoms with Crippen molar-refractivity contribution < 1.29 is 23.1 Å². The van der Waals surface area contributed by atoms with Crippen LogP contribution in [0.1, 0.15) is 31.7 Å². The molecule has 0 aliphatic carbocycles. The average Bonchev–Trinajstić information content (AvgIpc) is 2.85. The van der Waals surface area contributed by atoms with Crippen molar-refractivity contribution in [2.24, 2.45) is 4.99 Å². The summed E-state index contributed by atoms with van der Waals surface area (Å²) in [4.78, 5) is 29.7. The topological polar surface area (TPSA) is 116 Å². The Labute approximate surface area is 145 Å². The molecule has 1 saturated heterocycles. The van der Waals surface area contributed by atoms with E-state index in [0.717, 1.165) is 12.8 Å². The summed E-state index contributed by atoms with van der Waals surface area (Å²) in [6, 6.07) is 4.65. The monoisotopic (exact) mass is 365 g/mol. The van der Waals surface area contributed by atoms with Gasteiger partial charge in [0, 0.05) is 12.1 Å². The fourth-order valence-electron chi connectivity index (χ4n) is 3.17. The second-order valence-corrected chi connectivity index (χ2v) is 7.79. The summed E-state index contributed by atoms with van der Waals surface area (Å²) in [5.41, 5.74) is 0.413. The fraction of sp³-hybridized carbons (Fsp3) is 0.438. The van der Waals surface area contributed by atoms with Gasteiger partial charge in [0.05, 0.1) is 4.90 Å². The summed E-state index contributed by atoms with van der Waals surface area (Å²) in [5.74, 6) is -1.33. The van der Waals surface area contributed by atoms with Crippen molar-refractivity contribution in [2.75, 3.05) is 6.54 Å². The summed E-state index contributed by atoms with van der Waals surface area (Å²) < 4.78 is 26.5. The van der Waals surface area contributed by atoms with Crippen LogP contribution in [0.4, 0.5) is 0 Å². The number of sulfonamides is 1. The molecule has 9 heteroatoms. The number of carbonyl (C=O) groups excluding carboxylic acids is 1. The van der Waals surface area contributed by atoms with E-state index in [1.165, 1.54) is 17.9 Å². The molecule has 0 radical (unpaired) electrons. The first-order valence-electron chi connectivity index (χ1n) is 8.04. The van der Waals surface area contributed by atoms with Crippen LogP contribution in [0.5, 0.6) is 0 Å². The minimum absolute atomic E-state index is 0.111. The van der Waals surface area contributed by atoms with Gasteiger partial charge < -0.3 is 10.0 Å². The molecule has 8 nitrogen and oxygen atoms in total. The highest BCUT2D eigenvalue weighted by Crippen LogP contribution is 2.23. The zero-order valence-electron chi connectivity index (χ0n) is 13.7. The number of carbonyl (C=O) groups is 2. The van der Waals surface area contributed by atoms with Gasteiger partial charge in [0.25, 0.3) is 10.0 Å². The van der Waals surface area contributed by atoms with Crippen LogP contribution < -0.4 is 4.72 Å². The molecule has 0 spiro atoms. The molecule has 2 atom stereocenters. The summed E-state index contributed by atoms with van der Waals surface area (Å²) in [6.07, 6.45) is 1.92. The maximum absolute atomic E-state index is 12.7. The van der Waals surface area contributed by atoms with Crippen LogP contribution in [0.3, 0.4) is 0 Å². The highest BCUT2D eigenvalue weighted by atomic mass is 32.2. The van der Waals surface area contributed by atoms with Crippen LogP contribution in [0, 0.1) is 0 Å². The Bertz CT molecular complexity index is 849. The number of piperidine rings is 1. The molecule has 2 heterocycles. The van der Waals surface area contributed by atoms with Crippen LogP contribution >= 0.6 is 0 Å². The van der Waals surface area contributed by atoms with Crippen LogP contribution in [-0.4, -0.2) is 54.8 Å². The van der Waals surface area contributed by atoms with Crippen molar-refractivity contribution in [3.8, 4) is 0 Å². The number of carboxylic acids is 1. The Morgan fingerprint density at radius 1 is 1.32 bits per heavy atom. The fourth-order valence-corrected chi connectivity index (χ4v) is 4.41. The smallest absolute Gasteiger partial charge is 0.326 e. The Balaban J connectivity index is 1.87. The number of nitrogens with zero attached hydrogens (tertiary/aromatic N) is 2. The molecular weight excluding hydrogens is 346 g/mol. The third-order valence-corrected chi connectivity index (χ3v) is 5.81. The number of aliphatic imine (C=N–C) groups is 1. The number of amidine groups is 1. The van der Waals surface area contributed by atoms with Crippen molar-refractivity contribution >= 4 is 27.7 Å². The summed E-state index contributed by atoms with van der Waals surface area (Å²) in [6.45, 7) is 1.91. The maximum atomic E-state index is 12.7. The molecule has 2 aliphatic heterocycles. The number of benzene rings is 1. The van der Waals surface area contributed by atoms with E-state index >= 15 is 0 Å². The molecule has 1 fully saturated rings. The van der Waals surface area contributed by atoms with E-state index in [9.17, 15) is 23.1 Å². The van der Waals surface area contributed by atoms with Gasteiger partial charge in [0.15, 0.2) is 0 Å². The Hall–Kier alpha value is -2.42. The minimum atomic E-state index is -3.67. The van der Waals surface area contributed by atoms with Crippen molar-refractivity contribution in [1.29, 1.82) is 0 Å². The second-order valence-electron chi connectivity index (χ2n) is 6.14. The average molecular weight is 365 g/mol. The highest BCUT2D eigenvalue weighted by Gasteiger charge is 2.35. The number of aliphatic carboxylic acids is 1. The van der Waals surface area contributed by atoms with E-state index in [4.69, 9.17) is 0 Å². The molecule has 0 saturated carbocycles. The van der Waals surface area contributed by atoms with Gasteiger partial charge in [-0.05, 0) is 38.3 Å². The number of likely N-dealkylation sites (tertiary alicyclic amines) is 1. The molecule has 25 heavy (non-hydrogen) atoms. The van der Waals surface area contributed by atoms with Crippen LogP contribution in [0.2, 0.25) is 0 Å². The summed E-state index contributed by atoms with van der Waals surface area (Å²) >= 11 is 0. The maximum Gasteiger partial charge on any atom is 0.326 e.